The summed E-state index contributed by atoms with van der Waals surface area (Å²) < 4.78 is 2.15. The molecule has 1 amide bonds. The topological polar surface area (TPSA) is 50.2 Å². The third-order valence-corrected chi connectivity index (χ3v) is 4.43. The van der Waals surface area contributed by atoms with E-state index < -0.39 is 0 Å². The molecule has 0 aliphatic carbocycles. The fourth-order valence-electron chi connectivity index (χ4n) is 3.33. The minimum absolute atomic E-state index is 0.0566. The molecular weight excluding hydrogens is 288 g/mol. The van der Waals surface area contributed by atoms with Crippen LogP contribution in [0.3, 0.4) is 0 Å². The summed E-state index contributed by atoms with van der Waals surface area (Å²) in [6, 6.07) is 7.91. The van der Waals surface area contributed by atoms with Crippen LogP contribution in [0.5, 0.6) is 0 Å². The summed E-state index contributed by atoms with van der Waals surface area (Å²) in [6.07, 6.45) is 6.27. The fourth-order valence-corrected chi connectivity index (χ4v) is 3.33. The van der Waals surface area contributed by atoms with Crippen LogP contribution in [0.1, 0.15) is 38.4 Å². The normalized spacial score (nSPS) is 18.8. The molecule has 5 nitrogen and oxygen atoms in total. The van der Waals surface area contributed by atoms with Crippen LogP contribution in [0, 0.1) is 0 Å². The Balaban J connectivity index is 1.87. The number of anilines is 1. The Morgan fingerprint density at radius 2 is 2.30 bits per heavy atom. The maximum atomic E-state index is 11.3. The summed E-state index contributed by atoms with van der Waals surface area (Å²) in [5, 5.41) is 2.84. The molecule has 1 aromatic heterocycles. The molecule has 2 aromatic rings. The Labute approximate surface area is 137 Å². The van der Waals surface area contributed by atoms with Crippen molar-refractivity contribution in [1.29, 1.82) is 0 Å². The summed E-state index contributed by atoms with van der Waals surface area (Å²) in [5.74, 6) is 1.52. The molecule has 1 aliphatic heterocycles. The molecule has 0 saturated carbocycles. The highest BCUT2D eigenvalue weighted by Gasteiger charge is 2.24. The zero-order valence-electron chi connectivity index (χ0n) is 13.8. The third kappa shape index (κ3) is 3.62. The van der Waals surface area contributed by atoms with Crippen LogP contribution in [-0.4, -0.2) is 40.0 Å². The molecule has 122 valence electrons. The molecule has 2 heterocycles. The molecule has 1 aliphatic rings. The maximum absolute atomic E-state index is 11.3. The summed E-state index contributed by atoms with van der Waals surface area (Å²) in [7, 11) is 0. The Hall–Kier alpha value is -2.14. The van der Waals surface area contributed by atoms with Gasteiger partial charge in [-0.3, -0.25) is 4.79 Å². The lowest BCUT2D eigenvalue weighted by Crippen LogP contribution is -2.35. The minimum Gasteiger partial charge on any atom is -0.326 e. The SMILES string of the molecule is CCN1CCC[C@@H](c2nccn2-c2cccc(NC(C)=O)c2)C1. The average molecular weight is 312 g/mol. The van der Waals surface area contributed by atoms with E-state index in [9.17, 15) is 4.79 Å². The largest absolute Gasteiger partial charge is 0.326 e. The number of piperidine rings is 1. The molecule has 5 heteroatoms. The van der Waals surface area contributed by atoms with Crippen molar-refractivity contribution in [2.75, 3.05) is 25.0 Å². The highest BCUT2D eigenvalue weighted by atomic mass is 16.1. The van der Waals surface area contributed by atoms with Crippen LogP contribution in [0.2, 0.25) is 0 Å². The van der Waals surface area contributed by atoms with E-state index in [1.54, 1.807) is 0 Å². The second-order valence-electron chi connectivity index (χ2n) is 6.12. The number of amides is 1. The molecule has 1 atom stereocenters. The van der Waals surface area contributed by atoms with Gasteiger partial charge in [0, 0.05) is 43.2 Å². The smallest absolute Gasteiger partial charge is 0.221 e. The van der Waals surface area contributed by atoms with Crippen molar-refractivity contribution in [1.82, 2.24) is 14.5 Å². The molecule has 1 saturated heterocycles. The summed E-state index contributed by atoms with van der Waals surface area (Å²) >= 11 is 0. The van der Waals surface area contributed by atoms with E-state index in [1.165, 1.54) is 26.3 Å². The van der Waals surface area contributed by atoms with E-state index >= 15 is 0 Å². The van der Waals surface area contributed by atoms with Gasteiger partial charge in [-0.2, -0.15) is 0 Å². The number of benzene rings is 1. The number of rotatable bonds is 4. The van der Waals surface area contributed by atoms with Crippen LogP contribution in [0.4, 0.5) is 5.69 Å². The second-order valence-corrected chi connectivity index (χ2v) is 6.12. The first-order valence-corrected chi connectivity index (χ1v) is 8.31. The predicted molar refractivity (Wildman–Crippen MR) is 92.0 cm³/mol. The minimum atomic E-state index is -0.0566. The van der Waals surface area contributed by atoms with Crippen LogP contribution in [0.25, 0.3) is 5.69 Å². The molecular formula is C18H24N4O. The summed E-state index contributed by atoms with van der Waals surface area (Å²) in [5.41, 5.74) is 1.85. The zero-order valence-corrected chi connectivity index (χ0v) is 13.8. The standard InChI is InChI=1S/C18H24N4O/c1-3-21-10-5-6-15(13-21)18-19-9-11-22(18)17-8-4-7-16(12-17)20-14(2)23/h4,7-9,11-12,15H,3,5-6,10,13H2,1-2H3,(H,20,23)/t15-/m1/s1. The van der Waals surface area contributed by atoms with Crippen molar-refractivity contribution in [2.24, 2.45) is 0 Å². The van der Waals surface area contributed by atoms with Crippen molar-refractivity contribution >= 4 is 11.6 Å². The van der Waals surface area contributed by atoms with Crippen LogP contribution in [0.15, 0.2) is 36.7 Å². The number of hydrogen-bond donors (Lipinski definition) is 1. The van der Waals surface area contributed by atoms with Crippen molar-refractivity contribution < 1.29 is 4.79 Å². The van der Waals surface area contributed by atoms with Crippen molar-refractivity contribution in [3.8, 4) is 5.69 Å². The molecule has 0 radical (unpaired) electrons. The van der Waals surface area contributed by atoms with Gasteiger partial charge in [0.2, 0.25) is 5.91 Å². The molecule has 0 bridgehead atoms. The van der Waals surface area contributed by atoms with Crippen LogP contribution in [-0.2, 0) is 4.79 Å². The van der Waals surface area contributed by atoms with Crippen LogP contribution < -0.4 is 5.32 Å². The first-order valence-electron chi connectivity index (χ1n) is 8.31. The van der Waals surface area contributed by atoms with E-state index in [2.05, 4.69) is 32.8 Å². The number of aromatic nitrogens is 2. The number of carbonyl (C=O) groups is 1. The van der Waals surface area contributed by atoms with Crippen molar-refractivity contribution in [2.45, 2.75) is 32.6 Å². The lowest BCUT2D eigenvalue weighted by Gasteiger charge is -2.31. The van der Waals surface area contributed by atoms with Gasteiger partial charge in [-0.05, 0) is 44.1 Å². The van der Waals surface area contributed by atoms with Gasteiger partial charge in [-0.1, -0.05) is 13.0 Å². The van der Waals surface area contributed by atoms with Gasteiger partial charge in [0.15, 0.2) is 0 Å². The Kier molecular flexibility index (Phi) is 4.76. The predicted octanol–water partition coefficient (Wildman–Crippen LogP) is 3.03. The number of hydrogen-bond acceptors (Lipinski definition) is 3. The lowest BCUT2D eigenvalue weighted by molar-refractivity contribution is -0.114. The molecule has 0 unspecified atom stereocenters. The fraction of sp³-hybridized carbons (Fsp3) is 0.444. The Bertz CT molecular complexity index is 679. The summed E-state index contributed by atoms with van der Waals surface area (Å²) in [6.45, 7) is 7.09. The molecule has 23 heavy (non-hydrogen) atoms. The van der Waals surface area contributed by atoms with Gasteiger partial charge >= 0.3 is 0 Å². The van der Waals surface area contributed by atoms with E-state index in [0.29, 0.717) is 5.92 Å². The molecule has 1 fully saturated rings. The number of imidazole rings is 1. The highest BCUT2D eigenvalue weighted by Crippen LogP contribution is 2.28. The van der Waals surface area contributed by atoms with Gasteiger partial charge in [0.1, 0.15) is 5.82 Å². The van der Waals surface area contributed by atoms with E-state index in [1.807, 2.05) is 30.6 Å². The average Bonchev–Trinajstić information content (AvgIpc) is 3.04. The lowest BCUT2D eigenvalue weighted by atomic mass is 9.97. The highest BCUT2D eigenvalue weighted by molar-refractivity contribution is 5.88. The number of nitrogens with zero attached hydrogens (tertiary/aromatic N) is 3. The first-order chi connectivity index (χ1) is 11.2. The molecule has 1 N–H and O–H groups in total. The molecule has 0 spiro atoms. The number of carbonyl (C=O) groups excluding carboxylic acids is 1. The summed E-state index contributed by atoms with van der Waals surface area (Å²) in [4.78, 5) is 18.4. The first kappa shape index (κ1) is 15.7. The van der Waals surface area contributed by atoms with E-state index in [0.717, 1.165) is 30.3 Å². The monoisotopic (exact) mass is 312 g/mol. The van der Waals surface area contributed by atoms with Gasteiger partial charge in [-0.15, -0.1) is 0 Å². The number of likely N-dealkylation sites (tertiary alicyclic amines) is 1. The van der Waals surface area contributed by atoms with Gasteiger partial charge < -0.3 is 14.8 Å². The quantitative estimate of drug-likeness (QED) is 0.944. The maximum Gasteiger partial charge on any atom is 0.221 e. The Morgan fingerprint density at radius 3 is 3.09 bits per heavy atom. The van der Waals surface area contributed by atoms with Crippen molar-refractivity contribution in [3.63, 3.8) is 0 Å². The van der Waals surface area contributed by atoms with Crippen molar-refractivity contribution in [3.05, 3.63) is 42.5 Å². The van der Waals surface area contributed by atoms with Gasteiger partial charge in [0.25, 0.3) is 0 Å². The third-order valence-electron chi connectivity index (χ3n) is 4.43. The Morgan fingerprint density at radius 1 is 1.43 bits per heavy atom. The number of likely N-dealkylation sites (N-methyl/N-ethyl adjacent to an activating group) is 1. The van der Waals surface area contributed by atoms with E-state index in [-0.39, 0.29) is 5.91 Å². The molecule has 3 rings (SSSR count). The van der Waals surface area contributed by atoms with Crippen LogP contribution >= 0.6 is 0 Å². The van der Waals surface area contributed by atoms with Gasteiger partial charge in [-0.25, -0.2) is 4.98 Å². The second kappa shape index (κ2) is 6.96. The zero-order chi connectivity index (χ0) is 16.2. The van der Waals surface area contributed by atoms with E-state index in [4.69, 9.17) is 0 Å². The molecule has 1 aromatic carbocycles. The van der Waals surface area contributed by atoms with Gasteiger partial charge in [0.05, 0.1) is 0 Å². The number of nitrogens with one attached hydrogen (secondary N) is 1.